The van der Waals surface area contributed by atoms with Crippen LogP contribution in [0.2, 0.25) is 0 Å². The van der Waals surface area contributed by atoms with E-state index in [1.165, 1.54) is 0 Å². The van der Waals surface area contributed by atoms with Crippen LogP contribution in [0.5, 0.6) is 0 Å². The molecule has 0 unspecified atom stereocenters. The standard InChI is InChI=1S/C50H32N4O/c1-6-16-34(17-7-1)43-44-41-31-30-40(32-42(41)51-45(35-18-8-2-9-19-35)47(44)55-46(43)36-20-10-3-11-21-36)33-26-28-39(29-27-33)50-53-48(37-22-12-4-13-23-37)52-49(54-50)38-24-14-5-15-25-38/h1-32H. The van der Waals surface area contributed by atoms with Crippen LogP contribution in [0.25, 0.3) is 101 Å². The summed E-state index contributed by atoms with van der Waals surface area (Å²) in [6.45, 7) is 0. The molecule has 5 nitrogen and oxygen atoms in total. The summed E-state index contributed by atoms with van der Waals surface area (Å²) in [5.74, 6) is 2.73. The summed E-state index contributed by atoms with van der Waals surface area (Å²) in [6, 6.07) is 66.2. The van der Waals surface area contributed by atoms with Crippen LogP contribution in [0.3, 0.4) is 0 Å². The normalized spacial score (nSPS) is 11.3. The third-order valence-electron chi connectivity index (χ3n) is 9.94. The Morgan fingerprint density at radius 3 is 1.27 bits per heavy atom. The zero-order valence-electron chi connectivity index (χ0n) is 29.7. The Morgan fingerprint density at radius 2 is 0.745 bits per heavy atom. The molecule has 5 heteroatoms. The van der Waals surface area contributed by atoms with Crippen molar-refractivity contribution in [2.45, 2.75) is 0 Å². The van der Waals surface area contributed by atoms with Crippen LogP contribution in [0.15, 0.2) is 199 Å². The summed E-state index contributed by atoms with van der Waals surface area (Å²) in [4.78, 5) is 20.0. The monoisotopic (exact) mass is 704 g/mol. The van der Waals surface area contributed by atoms with Crippen LogP contribution in [0, 0.1) is 0 Å². The second-order valence-electron chi connectivity index (χ2n) is 13.4. The lowest BCUT2D eigenvalue weighted by atomic mass is 9.94. The maximum absolute atomic E-state index is 6.90. The number of hydrogen-bond acceptors (Lipinski definition) is 5. The molecule has 0 aliphatic carbocycles. The van der Waals surface area contributed by atoms with Gasteiger partial charge in [0.2, 0.25) is 0 Å². The molecule has 0 aliphatic heterocycles. The average Bonchev–Trinajstić information content (AvgIpc) is 3.68. The van der Waals surface area contributed by atoms with Crippen LogP contribution in [0.4, 0.5) is 0 Å². The number of pyridine rings is 1. The van der Waals surface area contributed by atoms with Crippen LogP contribution in [-0.2, 0) is 0 Å². The number of hydrogen-bond donors (Lipinski definition) is 0. The Balaban J connectivity index is 1.12. The van der Waals surface area contributed by atoms with Crippen molar-refractivity contribution in [3.63, 3.8) is 0 Å². The van der Waals surface area contributed by atoms with Gasteiger partial charge in [-0.25, -0.2) is 19.9 Å². The first-order chi connectivity index (χ1) is 27.3. The van der Waals surface area contributed by atoms with E-state index in [4.69, 9.17) is 24.4 Å². The van der Waals surface area contributed by atoms with E-state index in [0.717, 1.165) is 83.4 Å². The minimum atomic E-state index is 0.622. The zero-order valence-corrected chi connectivity index (χ0v) is 29.7. The Hall–Kier alpha value is -7.50. The van der Waals surface area contributed by atoms with Crippen molar-refractivity contribution in [2.75, 3.05) is 0 Å². The van der Waals surface area contributed by atoms with Crippen LogP contribution < -0.4 is 0 Å². The summed E-state index contributed by atoms with van der Waals surface area (Å²) in [7, 11) is 0. The first kappa shape index (κ1) is 32.2. The number of benzene rings is 7. The van der Waals surface area contributed by atoms with Crippen LogP contribution >= 0.6 is 0 Å². The van der Waals surface area contributed by atoms with Gasteiger partial charge in [0.25, 0.3) is 0 Å². The van der Waals surface area contributed by atoms with Crippen molar-refractivity contribution in [3.8, 4) is 79.0 Å². The average molecular weight is 705 g/mol. The Bertz CT molecular complexity index is 2870. The molecule has 0 atom stereocenters. The van der Waals surface area contributed by atoms with Crippen LogP contribution in [0.1, 0.15) is 0 Å². The highest BCUT2D eigenvalue weighted by molar-refractivity contribution is 6.18. The van der Waals surface area contributed by atoms with Crippen LogP contribution in [-0.4, -0.2) is 19.9 Å². The Morgan fingerprint density at radius 1 is 0.327 bits per heavy atom. The first-order valence-electron chi connectivity index (χ1n) is 18.3. The van der Waals surface area contributed by atoms with Gasteiger partial charge in [-0.3, -0.25) is 0 Å². The second-order valence-corrected chi connectivity index (χ2v) is 13.4. The molecule has 10 aromatic rings. The van der Waals surface area contributed by atoms with Crippen molar-refractivity contribution in [1.29, 1.82) is 0 Å². The zero-order chi connectivity index (χ0) is 36.6. The summed E-state index contributed by atoms with van der Waals surface area (Å²) in [5, 5.41) is 2.08. The molecule has 0 aliphatic rings. The highest BCUT2D eigenvalue weighted by Gasteiger charge is 2.24. The summed E-state index contributed by atoms with van der Waals surface area (Å²) < 4.78 is 6.90. The van der Waals surface area contributed by atoms with Gasteiger partial charge in [0, 0.05) is 44.2 Å². The van der Waals surface area contributed by atoms with E-state index < -0.39 is 0 Å². The predicted octanol–water partition coefficient (Wildman–Crippen LogP) is 12.8. The highest BCUT2D eigenvalue weighted by atomic mass is 16.3. The third-order valence-corrected chi connectivity index (χ3v) is 9.94. The van der Waals surface area contributed by atoms with Gasteiger partial charge in [-0.2, -0.15) is 0 Å². The molecule has 258 valence electrons. The number of nitrogens with zero attached hydrogens (tertiary/aromatic N) is 4. The maximum Gasteiger partial charge on any atom is 0.164 e. The second kappa shape index (κ2) is 13.8. The first-order valence-corrected chi connectivity index (χ1v) is 18.3. The minimum Gasteiger partial charge on any atom is -0.453 e. The summed E-state index contributed by atoms with van der Waals surface area (Å²) in [5.41, 5.74) is 11.6. The fourth-order valence-corrected chi connectivity index (χ4v) is 7.26. The lowest BCUT2D eigenvalue weighted by Gasteiger charge is -2.11. The SMILES string of the molecule is c1ccc(-c2nc(-c3ccccc3)nc(-c3ccc(-c4ccc5c(c4)nc(-c4ccccc4)c4oc(-c6ccccc6)c(-c6ccccc6)c45)cc3)n2)cc1. The molecule has 0 saturated heterocycles. The molecule has 3 aromatic heterocycles. The molecule has 55 heavy (non-hydrogen) atoms. The van der Waals surface area contributed by atoms with Gasteiger partial charge in [-0.1, -0.05) is 188 Å². The topological polar surface area (TPSA) is 64.7 Å². The van der Waals surface area contributed by atoms with Gasteiger partial charge >= 0.3 is 0 Å². The molecular weight excluding hydrogens is 673 g/mol. The van der Waals surface area contributed by atoms with E-state index >= 15 is 0 Å². The molecule has 10 rings (SSSR count). The smallest absolute Gasteiger partial charge is 0.164 e. The van der Waals surface area contributed by atoms with E-state index in [1.807, 2.05) is 91.0 Å². The Kier molecular flexibility index (Phi) is 8.08. The fourth-order valence-electron chi connectivity index (χ4n) is 7.26. The number of fused-ring (bicyclic) bond motifs is 3. The molecule has 7 aromatic carbocycles. The molecule has 0 N–H and O–H groups in total. The highest BCUT2D eigenvalue weighted by Crippen LogP contribution is 2.46. The van der Waals surface area contributed by atoms with E-state index in [2.05, 4.69) is 103 Å². The summed E-state index contributed by atoms with van der Waals surface area (Å²) in [6.07, 6.45) is 0. The maximum atomic E-state index is 6.90. The molecule has 0 saturated carbocycles. The minimum absolute atomic E-state index is 0.622. The number of aromatic nitrogens is 4. The van der Waals surface area contributed by atoms with Gasteiger partial charge in [-0.15, -0.1) is 0 Å². The molecular formula is C50H32N4O. The molecule has 0 bridgehead atoms. The molecule has 0 spiro atoms. The van der Waals surface area contributed by atoms with Gasteiger partial charge in [-0.05, 0) is 22.8 Å². The molecule has 0 amide bonds. The van der Waals surface area contributed by atoms with Crippen molar-refractivity contribution >= 4 is 21.9 Å². The predicted molar refractivity (Wildman–Crippen MR) is 223 cm³/mol. The molecule has 0 fully saturated rings. The van der Waals surface area contributed by atoms with E-state index in [1.54, 1.807) is 0 Å². The molecule has 0 radical (unpaired) electrons. The quantitative estimate of drug-likeness (QED) is 0.165. The fraction of sp³-hybridized carbons (Fsp3) is 0. The van der Waals surface area contributed by atoms with E-state index in [-0.39, 0.29) is 0 Å². The Labute approximate surface area is 318 Å². The van der Waals surface area contributed by atoms with Crippen molar-refractivity contribution in [2.24, 2.45) is 0 Å². The number of rotatable bonds is 7. The van der Waals surface area contributed by atoms with Gasteiger partial charge in [0.05, 0.1) is 5.52 Å². The van der Waals surface area contributed by atoms with Gasteiger partial charge in [0.1, 0.15) is 11.5 Å². The largest absolute Gasteiger partial charge is 0.453 e. The van der Waals surface area contributed by atoms with Crippen molar-refractivity contribution in [1.82, 2.24) is 19.9 Å². The van der Waals surface area contributed by atoms with E-state index in [0.29, 0.717) is 17.5 Å². The summed E-state index contributed by atoms with van der Waals surface area (Å²) >= 11 is 0. The van der Waals surface area contributed by atoms with Gasteiger partial charge < -0.3 is 4.42 Å². The lowest BCUT2D eigenvalue weighted by molar-refractivity contribution is 0.632. The van der Waals surface area contributed by atoms with Gasteiger partial charge in [0.15, 0.2) is 23.1 Å². The number of furan rings is 1. The third kappa shape index (κ3) is 6.04. The van der Waals surface area contributed by atoms with Crippen molar-refractivity contribution < 1.29 is 4.42 Å². The van der Waals surface area contributed by atoms with E-state index in [9.17, 15) is 0 Å². The lowest BCUT2D eigenvalue weighted by Crippen LogP contribution is -2.00. The molecule has 3 heterocycles. The van der Waals surface area contributed by atoms with Crippen molar-refractivity contribution in [3.05, 3.63) is 194 Å².